The van der Waals surface area contributed by atoms with Crippen molar-refractivity contribution < 1.29 is 22.6 Å². The number of rotatable bonds is 4. The fourth-order valence-electron chi connectivity index (χ4n) is 1.76. The van der Waals surface area contributed by atoms with Crippen molar-refractivity contribution in [3.05, 3.63) is 42.5 Å². The summed E-state index contributed by atoms with van der Waals surface area (Å²) in [5.74, 6) is 0.0847. The van der Waals surface area contributed by atoms with E-state index in [-0.39, 0.29) is 11.4 Å². The second kappa shape index (κ2) is 5.82. The van der Waals surface area contributed by atoms with Gasteiger partial charge >= 0.3 is 6.36 Å². The molecule has 0 saturated carbocycles. The van der Waals surface area contributed by atoms with E-state index >= 15 is 0 Å². The van der Waals surface area contributed by atoms with Gasteiger partial charge in [0.15, 0.2) is 5.75 Å². The van der Waals surface area contributed by atoms with Crippen molar-refractivity contribution in [1.29, 1.82) is 0 Å². The largest absolute Gasteiger partial charge is 0.573 e. The maximum Gasteiger partial charge on any atom is 0.573 e. The minimum Gasteiger partial charge on any atom is -0.495 e. The number of nitrogen functional groups attached to an aromatic ring is 1. The highest BCUT2D eigenvalue weighted by Crippen LogP contribution is 2.36. The number of benzene rings is 2. The van der Waals surface area contributed by atoms with Crippen LogP contribution in [0.25, 0.3) is 0 Å². The first-order chi connectivity index (χ1) is 9.90. The smallest absolute Gasteiger partial charge is 0.495 e. The van der Waals surface area contributed by atoms with Crippen LogP contribution in [0, 0.1) is 0 Å². The van der Waals surface area contributed by atoms with E-state index in [1.54, 1.807) is 24.3 Å². The standard InChI is InChI=1S/C14H13F3N2O2/c1-20-12-8-4-6-10(13(12)18)19-9-5-2-3-7-11(9)21-14(15,16)17/h2-8,19H,18H2,1H3. The molecule has 0 fully saturated rings. The van der Waals surface area contributed by atoms with Crippen LogP contribution in [-0.2, 0) is 0 Å². The molecule has 0 heterocycles. The normalized spacial score (nSPS) is 11.0. The van der Waals surface area contributed by atoms with Gasteiger partial charge in [-0.25, -0.2) is 0 Å². The van der Waals surface area contributed by atoms with Crippen molar-refractivity contribution in [2.75, 3.05) is 18.2 Å². The highest BCUT2D eigenvalue weighted by molar-refractivity contribution is 5.79. The van der Waals surface area contributed by atoms with Gasteiger partial charge in [-0.3, -0.25) is 0 Å². The Morgan fingerprint density at radius 3 is 2.24 bits per heavy atom. The summed E-state index contributed by atoms with van der Waals surface area (Å²) in [6.45, 7) is 0. The van der Waals surface area contributed by atoms with Crippen molar-refractivity contribution in [3.63, 3.8) is 0 Å². The first-order valence-electron chi connectivity index (χ1n) is 5.95. The zero-order valence-corrected chi connectivity index (χ0v) is 11.1. The molecule has 2 aromatic carbocycles. The third-order valence-corrected chi connectivity index (χ3v) is 2.67. The van der Waals surface area contributed by atoms with E-state index in [2.05, 4.69) is 10.1 Å². The van der Waals surface area contributed by atoms with Gasteiger partial charge in [-0.05, 0) is 24.3 Å². The topological polar surface area (TPSA) is 56.5 Å². The monoisotopic (exact) mass is 298 g/mol. The second-order valence-corrected chi connectivity index (χ2v) is 4.09. The quantitative estimate of drug-likeness (QED) is 0.840. The molecule has 0 saturated heterocycles. The Hall–Kier alpha value is -2.57. The van der Waals surface area contributed by atoms with Crippen molar-refractivity contribution in [2.45, 2.75) is 6.36 Å². The molecule has 0 radical (unpaired) electrons. The van der Waals surface area contributed by atoms with Crippen LogP contribution >= 0.6 is 0 Å². The van der Waals surface area contributed by atoms with Gasteiger partial charge in [-0.2, -0.15) is 0 Å². The van der Waals surface area contributed by atoms with Crippen LogP contribution in [0.4, 0.5) is 30.2 Å². The second-order valence-electron chi connectivity index (χ2n) is 4.09. The molecule has 2 rings (SSSR count). The van der Waals surface area contributed by atoms with Crippen molar-refractivity contribution in [3.8, 4) is 11.5 Å². The Morgan fingerprint density at radius 2 is 1.57 bits per heavy atom. The van der Waals surface area contributed by atoms with Crippen LogP contribution in [-0.4, -0.2) is 13.5 Å². The molecule has 21 heavy (non-hydrogen) atoms. The molecule has 0 atom stereocenters. The van der Waals surface area contributed by atoms with Crippen LogP contribution < -0.4 is 20.5 Å². The highest BCUT2D eigenvalue weighted by Gasteiger charge is 2.32. The first kappa shape index (κ1) is 14.8. The number of methoxy groups -OCH3 is 1. The molecule has 112 valence electrons. The Labute approximate surface area is 119 Å². The molecule has 2 aromatic rings. The molecule has 0 aliphatic heterocycles. The van der Waals surface area contributed by atoms with Gasteiger partial charge in [0.05, 0.1) is 24.2 Å². The maximum atomic E-state index is 12.4. The zero-order valence-electron chi connectivity index (χ0n) is 11.1. The van der Waals surface area contributed by atoms with Crippen LogP contribution in [0.15, 0.2) is 42.5 Å². The van der Waals surface area contributed by atoms with Gasteiger partial charge in [-0.1, -0.05) is 18.2 Å². The van der Waals surface area contributed by atoms with E-state index in [9.17, 15) is 13.2 Å². The number of para-hydroxylation sites is 3. The van der Waals surface area contributed by atoms with Gasteiger partial charge in [0.1, 0.15) is 5.75 Å². The summed E-state index contributed by atoms with van der Waals surface area (Å²) in [7, 11) is 1.45. The number of hydrogen-bond acceptors (Lipinski definition) is 4. The van der Waals surface area contributed by atoms with E-state index in [0.717, 1.165) is 0 Å². The number of ether oxygens (including phenoxy) is 2. The Bertz CT molecular complexity index is 630. The number of halogens is 3. The van der Waals surface area contributed by atoms with Crippen molar-refractivity contribution >= 4 is 17.1 Å². The summed E-state index contributed by atoms with van der Waals surface area (Å²) in [6, 6.07) is 10.7. The van der Waals surface area contributed by atoms with Gasteiger partial charge in [-0.15, -0.1) is 13.2 Å². The molecule has 0 aliphatic rings. The summed E-state index contributed by atoms with van der Waals surface area (Å²) in [5.41, 5.74) is 6.73. The van der Waals surface area contributed by atoms with E-state index in [1.807, 2.05) is 0 Å². The average Bonchev–Trinajstić information content (AvgIpc) is 2.41. The van der Waals surface area contributed by atoms with Crippen LogP contribution in [0.3, 0.4) is 0 Å². The van der Waals surface area contributed by atoms with Crippen molar-refractivity contribution in [1.82, 2.24) is 0 Å². The minimum atomic E-state index is -4.77. The van der Waals surface area contributed by atoms with Crippen LogP contribution in [0.5, 0.6) is 11.5 Å². The molecule has 0 unspecified atom stereocenters. The summed E-state index contributed by atoms with van der Waals surface area (Å²) < 4.78 is 46.1. The van der Waals surface area contributed by atoms with Crippen LogP contribution in [0.1, 0.15) is 0 Å². The third-order valence-electron chi connectivity index (χ3n) is 2.67. The molecule has 7 heteroatoms. The van der Waals surface area contributed by atoms with E-state index in [1.165, 1.54) is 25.3 Å². The molecule has 0 spiro atoms. The number of hydrogen-bond donors (Lipinski definition) is 2. The fourth-order valence-corrected chi connectivity index (χ4v) is 1.76. The lowest BCUT2D eigenvalue weighted by atomic mass is 10.2. The average molecular weight is 298 g/mol. The van der Waals surface area contributed by atoms with Gasteiger partial charge in [0.25, 0.3) is 0 Å². The molecule has 0 bridgehead atoms. The number of anilines is 3. The number of nitrogens with two attached hydrogens (primary N) is 1. The highest BCUT2D eigenvalue weighted by atomic mass is 19.4. The predicted octanol–water partition coefficient (Wildman–Crippen LogP) is 3.92. The Balaban J connectivity index is 2.32. The van der Waals surface area contributed by atoms with E-state index < -0.39 is 6.36 Å². The molecule has 3 N–H and O–H groups in total. The summed E-state index contributed by atoms with van der Waals surface area (Å²) in [4.78, 5) is 0. The van der Waals surface area contributed by atoms with Gasteiger partial charge in [0, 0.05) is 0 Å². The maximum absolute atomic E-state index is 12.4. The van der Waals surface area contributed by atoms with E-state index in [4.69, 9.17) is 10.5 Å². The lowest BCUT2D eigenvalue weighted by Gasteiger charge is -2.16. The molecule has 0 aromatic heterocycles. The van der Waals surface area contributed by atoms with Gasteiger partial charge < -0.3 is 20.5 Å². The first-order valence-corrected chi connectivity index (χ1v) is 5.95. The molecular weight excluding hydrogens is 285 g/mol. The van der Waals surface area contributed by atoms with Crippen molar-refractivity contribution in [2.24, 2.45) is 0 Å². The predicted molar refractivity (Wildman–Crippen MR) is 73.8 cm³/mol. The lowest BCUT2D eigenvalue weighted by Crippen LogP contribution is -2.17. The van der Waals surface area contributed by atoms with Crippen LogP contribution in [0.2, 0.25) is 0 Å². The molecule has 4 nitrogen and oxygen atoms in total. The summed E-state index contributed by atoms with van der Waals surface area (Å²) in [6.07, 6.45) is -4.77. The van der Waals surface area contributed by atoms with E-state index in [0.29, 0.717) is 17.1 Å². The summed E-state index contributed by atoms with van der Waals surface area (Å²) in [5, 5.41) is 2.81. The Morgan fingerprint density at radius 1 is 0.952 bits per heavy atom. The third kappa shape index (κ3) is 3.71. The zero-order chi connectivity index (χ0) is 15.5. The molecular formula is C14H13F3N2O2. The number of nitrogens with one attached hydrogen (secondary N) is 1. The Kier molecular flexibility index (Phi) is 4.11. The lowest BCUT2D eigenvalue weighted by molar-refractivity contribution is -0.274. The number of alkyl halides is 3. The van der Waals surface area contributed by atoms with Gasteiger partial charge in [0.2, 0.25) is 0 Å². The SMILES string of the molecule is COc1cccc(Nc2ccccc2OC(F)(F)F)c1N. The fraction of sp³-hybridized carbons (Fsp3) is 0.143. The summed E-state index contributed by atoms with van der Waals surface area (Å²) >= 11 is 0. The molecule has 0 amide bonds. The minimum absolute atomic E-state index is 0.148. The molecule has 0 aliphatic carbocycles.